The molecule has 0 bridgehead atoms. The van der Waals surface area contributed by atoms with Crippen LogP contribution in [0.5, 0.6) is 11.5 Å². The Labute approximate surface area is 192 Å². The van der Waals surface area contributed by atoms with Gasteiger partial charge in [0.15, 0.2) is 11.7 Å². The number of carbonyl (C=O) groups excluding carboxylic acids is 2. The molecule has 12 nitrogen and oxygen atoms in total. The van der Waals surface area contributed by atoms with Gasteiger partial charge in [0.1, 0.15) is 29.4 Å². The largest absolute Gasteiger partial charge is 0.497 e. The number of nitrogens with zero attached hydrogens (tertiary/aromatic N) is 4. The van der Waals surface area contributed by atoms with Crippen LogP contribution in [0.3, 0.4) is 0 Å². The Morgan fingerprint density at radius 2 is 2.00 bits per heavy atom. The first-order valence-electron chi connectivity index (χ1n) is 9.55. The summed E-state index contributed by atoms with van der Waals surface area (Å²) in [4.78, 5) is 39.1. The number of carbonyl (C=O) groups is 2. The normalized spacial score (nSPS) is 10.5. The number of nitrogens with one attached hydrogen (secondary N) is 1. The molecule has 1 N–H and O–H groups in total. The Morgan fingerprint density at radius 3 is 2.64 bits per heavy atom. The predicted octanol–water partition coefficient (Wildman–Crippen LogP) is 2.73. The number of hydrogen-bond donors (Lipinski definition) is 1. The average Bonchev–Trinajstić information content (AvgIpc) is 3.35. The van der Waals surface area contributed by atoms with Gasteiger partial charge in [0, 0.05) is 10.9 Å². The van der Waals surface area contributed by atoms with Crippen molar-refractivity contribution < 1.29 is 28.7 Å². The van der Waals surface area contributed by atoms with Crippen LogP contribution >= 0.6 is 11.3 Å². The van der Waals surface area contributed by atoms with Crippen LogP contribution in [0.1, 0.15) is 11.4 Å². The molecule has 13 heteroatoms. The zero-order valence-corrected chi connectivity index (χ0v) is 19.1. The molecule has 2 aromatic heterocycles. The van der Waals surface area contributed by atoms with Crippen molar-refractivity contribution in [2.75, 3.05) is 26.1 Å². The lowest BCUT2D eigenvalue weighted by Gasteiger charge is -2.08. The summed E-state index contributed by atoms with van der Waals surface area (Å²) in [6.45, 7) is 2.06. The summed E-state index contributed by atoms with van der Waals surface area (Å²) in [5.41, 5.74) is 1.53. The summed E-state index contributed by atoms with van der Waals surface area (Å²) in [5.74, 6) is -0.116. The quantitative estimate of drug-likeness (QED) is 0.280. The molecule has 3 aromatic rings. The van der Waals surface area contributed by atoms with Crippen LogP contribution in [0.15, 0.2) is 23.6 Å². The van der Waals surface area contributed by atoms with Crippen molar-refractivity contribution >= 4 is 34.0 Å². The summed E-state index contributed by atoms with van der Waals surface area (Å²) >= 11 is 1.19. The lowest BCUT2D eigenvalue weighted by Crippen LogP contribution is -2.23. The molecule has 0 atom stereocenters. The molecule has 0 saturated heterocycles. The highest BCUT2D eigenvalue weighted by molar-refractivity contribution is 7.14. The van der Waals surface area contributed by atoms with Crippen LogP contribution in [-0.2, 0) is 20.9 Å². The van der Waals surface area contributed by atoms with Crippen molar-refractivity contribution in [3.63, 3.8) is 0 Å². The highest BCUT2D eigenvalue weighted by Gasteiger charge is 2.23. The molecule has 0 radical (unpaired) electrons. The molecule has 174 valence electrons. The summed E-state index contributed by atoms with van der Waals surface area (Å²) in [7, 11) is 3.09. The van der Waals surface area contributed by atoms with E-state index >= 15 is 0 Å². The van der Waals surface area contributed by atoms with Crippen molar-refractivity contribution in [2.45, 2.75) is 20.4 Å². The van der Waals surface area contributed by atoms with Gasteiger partial charge in [-0.25, -0.2) is 4.98 Å². The fraction of sp³-hybridized carbons (Fsp3) is 0.300. The van der Waals surface area contributed by atoms with Gasteiger partial charge in [-0.05, 0) is 32.0 Å². The fourth-order valence-electron chi connectivity index (χ4n) is 3.04. The first-order valence-corrected chi connectivity index (χ1v) is 10.4. The Hall–Kier alpha value is -4.00. The zero-order chi connectivity index (χ0) is 24.1. The van der Waals surface area contributed by atoms with Crippen molar-refractivity contribution in [3.8, 4) is 22.8 Å². The smallest absolute Gasteiger partial charge is 0.328 e. The number of anilines is 1. The van der Waals surface area contributed by atoms with Gasteiger partial charge in [-0.2, -0.15) is 5.10 Å². The molecule has 2 heterocycles. The number of aryl methyl sites for hydroxylation is 1. The van der Waals surface area contributed by atoms with Crippen LogP contribution < -0.4 is 14.8 Å². The Morgan fingerprint density at radius 1 is 1.24 bits per heavy atom. The highest BCUT2D eigenvalue weighted by atomic mass is 32.1. The number of ether oxygens (including phenoxy) is 3. The minimum absolute atomic E-state index is 0.159. The van der Waals surface area contributed by atoms with E-state index in [4.69, 9.17) is 14.2 Å². The lowest BCUT2D eigenvalue weighted by molar-refractivity contribution is -0.386. The van der Waals surface area contributed by atoms with Crippen LogP contribution in [0.2, 0.25) is 0 Å². The predicted molar refractivity (Wildman–Crippen MR) is 119 cm³/mol. The number of hydrogen-bond acceptors (Lipinski definition) is 10. The van der Waals surface area contributed by atoms with Gasteiger partial charge in [0.25, 0.3) is 5.91 Å². The summed E-state index contributed by atoms with van der Waals surface area (Å²) in [5, 5.41) is 19.6. The van der Waals surface area contributed by atoms with Crippen LogP contribution in [-0.4, -0.2) is 52.4 Å². The molecule has 1 amide bonds. The topological polar surface area (TPSA) is 148 Å². The lowest BCUT2D eigenvalue weighted by atomic mass is 10.1. The molecule has 0 unspecified atom stereocenters. The van der Waals surface area contributed by atoms with Gasteiger partial charge in [-0.3, -0.25) is 29.7 Å². The van der Waals surface area contributed by atoms with E-state index in [1.807, 2.05) is 0 Å². The monoisotopic (exact) mass is 475 g/mol. The number of esters is 1. The molecule has 0 saturated carbocycles. The van der Waals surface area contributed by atoms with Crippen LogP contribution in [0, 0.1) is 24.0 Å². The first-order chi connectivity index (χ1) is 15.7. The van der Waals surface area contributed by atoms with E-state index in [-0.39, 0.29) is 23.6 Å². The van der Waals surface area contributed by atoms with Crippen molar-refractivity contribution in [2.24, 2.45) is 0 Å². The number of methoxy groups -OCH3 is 2. The van der Waals surface area contributed by atoms with Gasteiger partial charge < -0.3 is 14.2 Å². The second-order valence-electron chi connectivity index (χ2n) is 6.75. The molecular formula is C20H21N5O7S. The van der Waals surface area contributed by atoms with Gasteiger partial charge in [0.05, 0.1) is 24.8 Å². The van der Waals surface area contributed by atoms with Gasteiger partial charge in [-0.15, -0.1) is 11.3 Å². The third kappa shape index (κ3) is 5.44. The van der Waals surface area contributed by atoms with E-state index < -0.39 is 23.4 Å². The van der Waals surface area contributed by atoms with E-state index in [2.05, 4.69) is 15.4 Å². The average molecular weight is 475 g/mol. The maximum absolute atomic E-state index is 12.2. The molecule has 0 fully saturated rings. The zero-order valence-electron chi connectivity index (χ0n) is 18.3. The SMILES string of the molecule is COc1ccc(OC)c(-c2csc(NC(=O)COC(=O)Cn3nc(C)c([N+](=O)[O-])c3C)n2)c1. The summed E-state index contributed by atoms with van der Waals surface area (Å²) < 4.78 is 16.7. The van der Waals surface area contributed by atoms with Gasteiger partial charge >= 0.3 is 11.7 Å². The van der Waals surface area contributed by atoms with Crippen molar-refractivity contribution in [1.82, 2.24) is 14.8 Å². The van der Waals surface area contributed by atoms with Crippen LogP contribution in [0.25, 0.3) is 11.3 Å². The van der Waals surface area contributed by atoms with E-state index in [9.17, 15) is 19.7 Å². The maximum Gasteiger partial charge on any atom is 0.328 e. The number of amides is 1. The summed E-state index contributed by atoms with van der Waals surface area (Å²) in [6.07, 6.45) is 0. The Balaban J connectivity index is 1.58. The Bertz CT molecular complexity index is 1200. The first kappa shape index (κ1) is 23.7. The fourth-order valence-corrected chi connectivity index (χ4v) is 3.77. The molecule has 0 spiro atoms. The molecule has 0 aliphatic rings. The second-order valence-corrected chi connectivity index (χ2v) is 7.61. The molecule has 0 aliphatic carbocycles. The standard InChI is InChI=1S/C20H21N5O7S/c1-11-19(25(28)29)12(2)24(23-11)8-18(27)32-9-17(26)22-20-21-15(10-33-20)14-7-13(30-3)5-6-16(14)31-4/h5-7,10H,8-9H2,1-4H3,(H,21,22,26). The minimum Gasteiger partial charge on any atom is -0.497 e. The number of rotatable bonds is 9. The van der Waals surface area contributed by atoms with E-state index in [0.717, 1.165) is 0 Å². The highest BCUT2D eigenvalue weighted by Crippen LogP contribution is 2.35. The molecule has 3 rings (SSSR count). The second kappa shape index (κ2) is 10.1. The van der Waals surface area contributed by atoms with Crippen LogP contribution in [0.4, 0.5) is 10.8 Å². The third-order valence-electron chi connectivity index (χ3n) is 4.60. The summed E-state index contributed by atoms with van der Waals surface area (Å²) in [6, 6.07) is 5.28. The Kier molecular flexibility index (Phi) is 7.23. The van der Waals surface area contributed by atoms with Crippen molar-refractivity contribution in [1.29, 1.82) is 0 Å². The number of thiazole rings is 1. The van der Waals surface area contributed by atoms with Gasteiger partial charge in [-0.1, -0.05) is 0 Å². The van der Waals surface area contributed by atoms with Crippen molar-refractivity contribution in [3.05, 3.63) is 45.1 Å². The number of aromatic nitrogens is 3. The van der Waals surface area contributed by atoms with Gasteiger partial charge in [0.2, 0.25) is 0 Å². The van der Waals surface area contributed by atoms with E-state index in [1.165, 1.54) is 29.9 Å². The number of nitro groups is 1. The molecule has 1 aromatic carbocycles. The number of benzene rings is 1. The van der Waals surface area contributed by atoms with E-state index in [0.29, 0.717) is 27.9 Å². The molecular weight excluding hydrogens is 454 g/mol. The third-order valence-corrected chi connectivity index (χ3v) is 5.36. The molecule has 0 aliphatic heterocycles. The minimum atomic E-state index is -0.758. The van der Waals surface area contributed by atoms with E-state index in [1.54, 1.807) is 37.8 Å². The molecule has 33 heavy (non-hydrogen) atoms. The maximum atomic E-state index is 12.2.